The molecule has 0 atom stereocenters. The lowest BCUT2D eigenvalue weighted by atomic mass is 10.1. The number of nitrogens with zero attached hydrogens (tertiary/aromatic N) is 4. The van der Waals surface area contributed by atoms with Crippen LogP contribution in [0.4, 0.5) is 0 Å². The van der Waals surface area contributed by atoms with Crippen molar-refractivity contribution < 1.29 is 4.74 Å². The third-order valence-electron chi connectivity index (χ3n) is 3.31. The summed E-state index contributed by atoms with van der Waals surface area (Å²) >= 11 is 5.80. The van der Waals surface area contributed by atoms with Gasteiger partial charge in [0.25, 0.3) is 0 Å². The van der Waals surface area contributed by atoms with Gasteiger partial charge in [-0.2, -0.15) is 5.10 Å². The Hall–Kier alpha value is -2.14. The second-order valence-electron chi connectivity index (χ2n) is 5.05. The van der Waals surface area contributed by atoms with Gasteiger partial charge >= 0.3 is 0 Å². The number of methoxy groups -OCH3 is 1. The highest BCUT2D eigenvalue weighted by atomic mass is 35.5. The Bertz CT molecular complexity index is 780. The van der Waals surface area contributed by atoms with Crippen LogP contribution >= 0.6 is 11.6 Å². The normalized spacial score (nSPS) is 11.3. The maximum Gasteiger partial charge on any atom is 0.214 e. The molecule has 0 amide bonds. The minimum atomic E-state index is 0.332. The van der Waals surface area contributed by atoms with Crippen molar-refractivity contribution in [2.24, 2.45) is 0 Å². The standard InChI is InChI=1S/C15H15ClN4O/c1-9(2)12-8-13-10(11-5-6-14(16)18-17-11)4-7-15(21-3)20(13)19-12/h4-9H,1-3H3. The Morgan fingerprint density at radius 1 is 1.14 bits per heavy atom. The molecule has 0 saturated heterocycles. The fourth-order valence-electron chi connectivity index (χ4n) is 2.18. The molecule has 0 aliphatic carbocycles. The van der Waals surface area contributed by atoms with Crippen LogP contribution in [0.5, 0.6) is 5.88 Å². The number of hydrogen-bond donors (Lipinski definition) is 0. The highest BCUT2D eigenvalue weighted by molar-refractivity contribution is 6.29. The molecule has 0 saturated carbocycles. The first kappa shape index (κ1) is 13.8. The number of pyridine rings is 1. The third kappa shape index (κ3) is 2.45. The van der Waals surface area contributed by atoms with E-state index in [1.807, 2.05) is 18.2 Å². The van der Waals surface area contributed by atoms with E-state index in [1.54, 1.807) is 17.7 Å². The SMILES string of the molecule is COc1ccc(-c2ccc(Cl)nn2)c2cc(C(C)C)nn12. The van der Waals surface area contributed by atoms with Gasteiger partial charge in [0, 0.05) is 11.6 Å². The summed E-state index contributed by atoms with van der Waals surface area (Å²) in [5.41, 5.74) is 3.64. The Labute approximate surface area is 127 Å². The van der Waals surface area contributed by atoms with E-state index in [9.17, 15) is 0 Å². The molecule has 3 aromatic rings. The molecule has 0 fully saturated rings. The van der Waals surface area contributed by atoms with Crippen molar-refractivity contribution in [1.29, 1.82) is 0 Å². The Morgan fingerprint density at radius 2 is 1.95 bits per heavy atom. The maximum absolute atomic E-state index is 5.80. The molecular formula is C15H15ClN4O. The van der Waals surface area contributed by atoms with E-state index in [0.717, 1.165) is 22.5 Å². The van der Waals surface area contributed by atoms with Gasteiger partial charge in [-0.05, 0) is 30.2 Å². The van der Waals surface area contributed by atoms with E-state index in [-0.39, 0.29) is 0 Å². The van der Waals surface area contributed by atoms with E-state index in [2.05, 4.69) is 35.2 Å². The molecule has 0 radical (unpaired) electrons. The fraction of sp³-hybridized carbons (Fsp3) is 0.267. The first-order valence-corrected chi connectivity index (χ1v) is 7.04. The minimum Gasteiger partial charge on any atom is -0.481 e. The molecule has 3 heterocycles. The van der Waals surface area contributed by atoms with Gasteiger partial charge in [-0.3, -0.25) is 0 Å². The van der Waals surface area contributed by atoms with Gasteiger partial charge in [0.2, 0.25) is 5.88 Å². The lowest BCUT2D eigenvalue weighted by Gasteiger charge is -2.07. The van der Waals surface area contributed by atoms with Crippen LogP contribution in [0.3, 0.4) is 0 Å². The lowest BCUT2D eigenvalue weighted by Crippen LogP contribution is -1.98. The molecular weight excluding hydrogens is 288 g/mol. The van der Waals surface area contributed by atoms with Crippen LogP contribution in [0.2, 0.25) is 5.15 Å². The average Bonchev–Trinajstić information content (AvgIpc) is 2.92. The number of fused-ring (bicyclic) bond motifs is 1. The fourth-order valence-corrected chi connectivity index (χ4v) is 2.28. The van der Waals surface area contributed by atoms with Crippen LogP contribution in [-0.4, -0.2) is 26.9 Å². The van der Waals surface area contributed by atoms with Gasteiger partial charge < -0.3 is 4.74 Å². The molecule has 0 aliphatic heterocycles. The topological polar surface area (TPSA) is 52.3 Å². The van der Waals surface area contributed by atoms with Gasteiger partial charge in [-0.15, -0.1) is 10.2 Å². The van der Waals surface area contributed by atoms with Gasteiger partial charge in [0.1, 0.15) is 0 Å². The number of hydrogen-bond acceptors (Lipinski definition) is 4. The molecule has 3 rings (SSSR count). The first-order chi connectivity index (χ1) is 10.1. The largest absolute Gasteiger partial charge is 0.481 e. The van der Waals surface area contributed by atoms with Crippen LogP contribution in [0, 0.1) is 0 Å². The summed E-state index contributed by atoms with van der Waals surface area (Å²) < 4.78 is 7.17. The maximum atomic E-state index is 5.80. The van der Waals surface area contributed by atoms with Crippen LogP contribution in [0.15, 0.2) is 30.3 Å². The van der Waals surface area contributed by atoms with Crippen LogP contribution < -0.4 is 4.74 Å². The Morgan fingerprint density at radius 3 is 2.57 bits per heavy atom. The smallest absolute Gasteiger partial charge is 0.214 e. The Balaban J connectivity index is 2.25. The average molecular weight is 303 g/mol. The van der Waals surface area contributed by atoms with Gasteiger partial charge in [-0.1, -0.05) is 25.4 Å². The van der Waals surface area contributed by atoms with E-state index in [4.69, 9.17) is 16.3 Å². The van der Waals surface area contributed by atoms with Gasteiger partial charge in [0.15, 0.2) is 5.15 Å². The molecule has 108 valence electrons. The molecule has 3 aromatic heterocycles. The highest BCUT2D eigenvalue weighted by Gasteiger charge is 2.14. The zero-order valence-corrected chi connectivity index (χ0v) is 12.8. The molecule has 0 aliphatic rings. The van der Waals surface area contributed by atoms with Crippen LogP contribution in [0.1, 0.15) is 25.5 Å². The van der Waals surface area contributed by atoms with Crippen molar-refractivity contribution in [1.82, 2.24) is 19.8 Å². The number of aromatic nitrogens is 4. The summed E-state index contributed by atoms with van der Waals surface area (Å²) in [6.07, 6.45) is 0. The van der Waals surface area contributed by atoms with Gasteiger partial charge in [0.05, 0.1) is 24.0 Å². The van der Waals surface area contributed by atoms with Gasteiger partial charge in [-0.25, -0.2) is 4.52 Å². The second-order valence-corrected chi connectivity index (χ2v) is 5.44. The van der Waals surface area contributed by atoms with Crippen molar-refractivity contribution in [3.63, 3.8) is 0 Å². The summed E-state index contributed by atoms with van der Waals surface area (Å²) in [6, 6.07) is 9.45. The third-order valence-corrected chi connectivity index (χ3v) is 3.52. The summed E-state index contributed by atoms with van der Waals surface area (Å²) in [6.45, 7) is 4.21. The van der Waals surface area contributed by atoms with Crippen molar-refractivity contribution in [2.75, 3.05) is 7.11 Å². The number of rotatable bonds is 3. The quantitative estimate of drug-likeness (QED) is 0.742. The summed E-state index contributed by atoms with van der Waals surface area (Å²) in [5.74, 6) is 1.02. The van der Waals surface area contributed by atoms with Crippen LogP contribution in [-0.2, 0) is 0 Å². The zero-order chi connectivity index (χ0) is 15.0. The number of ether oxygens (including phenoxy) is 1. The zero-order valence-electron chi connectivity index (χ0n) is 12.0. The highest BCUT2D eigenvalue weighted by Crippen LogP contribution is 2.29. The molecule has 21 heavy (non-hydrogen) atoms. The predicted octanol–water partition coefficient (Wildman–Crippen LogP) is 3.58. The molecule has 0 bridgehead atoms. The van der Waals surface area contributed by atoms with Crippen LogP contribution in [0.25, 0.3) is 16.8 Å². The van der Waals surface area contributed by atoms with E-state index < -0.39 is 0 Å². The molecule has 6 heteroatoms. The second kappa shape index (κ2) is 5.33. The monoisotopic (exact) mass is 302 g/mol. The van der Waals surface area contributed by atoms with Crippen molar-refractivity contribution in [2.45, 2.75) is 19.8 Å². The molecule has 0 N–H and O–H groups in total. The van der Waals surface area contributed by atoms with Crippen molar-refractivity contribution >= 4 is 17.1 Å². The first-order valence-electron chi connectivity index (χ1n) is 6.66. The van der Waals surface area contributed by atoms with Crippen molar-refractivity contribution in [3.05, 3.63) is 41.2 Å². The summed E-state index contributed by atoms with van der Waals surface area (Å²) in [7, 11) is 1.63. The van der Waals surface area contributed by atoms with E-state index >= 15 is 0 Å². The Kier molecular flexibility index (Phi) is 3.51. The molecule has 5 nitrogen and oxygen atoms in total. The molecule has 0 aromatic carbocycles. The number of halogens is 1. The molecule has 0 unspecified atom stereocenters. The summed E-state index contributed by atoms with van der Waals surface area (Å²) in [4.78, 5) is 0. The predicted molar refractivity (Wildman–Crippen MR) is 81.9 cm³/mol. The van der Waals surface area contributed by atoms with E-state index in [1.165, 1.54) is 0 Å². The van der Waals surface area contributed by atoms with Crippen molar-refractivity contribution in [3.8, 4) is 17.1 Å². The molecule has 0 spiro atoms. The lowest BCUT2D eigenvalue weighted by molar-refractivity contribution is 0.385. The minimum absolute atomic E-state index is 0.332. The summed E-state index contributed by atoms with van der Waals surface area (Å²) in [5, 5.41) is 13.0. The van der Waals surface area contributed by atoms with E-state index in [0.29, 0.717) is 17.0 Å².